The number of amides is 2. The molecule has 0 aromatic rings. The Labute approximate surface area is 222 Å². The van der Waals surface area contributed by atoms with Gasteiger partial charge in [-0.15, -0.1) is 5.06 Å². The minimum absolute atomic E-state index is 0.000207. The predicted octanol–water partition coefficient (Wildman–Crippen LogP) is 3.63. The molecule has 0 N–H and O–H groups in total. The number of nitrogens with zero attached hydrogens (tertiary/aromatic N) is 1. The largest absolute Gasteiger partial charge is 0.462 e. The lowest BCUT2D eigenvalue weighted by atomic mass is 9.46. The Kier molecular flexibility index (Phi) is 6.84. The first-order valence-corrected chi connectivity index (χ1v) is 13.9. The fourth-order valence-corrected chi connectivity index (χ4v) is 8.67. The number of hydroxylamine groups is 2. The minimum Gasteiger partial charge on any atom is -0.462 e. The highest BCUT2D eigenvalue weighted by atomic mass is 16.7. The topological polar surface area (TPSA) is 124 Å². The van der Waals surface area contributed by atoms with Gasteiger partial charge in [-0.2, -0.15) is 0 Å². The van der Waals surface area contributed by atoms with Crippen molar-refractivity contribution in [1.29, 1.82) is 0 Å². The van der Waals surface area contributed by atoms with Crippen molar-refractivity contribution >= 4 is 35.3 Å². The number of fused-ring (bicyclic) bond motifs is 5. The van der Waals surface area contributed by atoms with Crippen LogP contribution in [0.3, 0.4) is 0 Å². The van der Waals surface area contributed by atoms with Gasteiger partial charge >= 0.3 is 11.9 Å². The molecule has 0 aromatic carbocycles. The van der Waals surface area contributed by atoms with Crippen LogP contribution in [-0.2, 0) is 38.3 Å². The number of esters is 1. The molecule has 0 radical (unpaired) electrons. The number of carbonyl (C=O) groups is 6. The SMILES string of the molecule is CC(=O)[C@H]1CC[C@H]2[C@@H]3CCC4=CC(=O)CC[C@]4(C)[C@H]3[C@H](OC(=O)CCC(=O)ON3C(=O)CCC3=O)C[C@]12C. The molecule has 3 saturated carbocycles. The van der Waals surface area contributed by atoms with Gasteiger partial charge in [0.1, 0.15) is 11.9 Å². The van der Waals surface area contributed by atoms with Crippen molar-refractivity contribution in [3.8, 4) is 0 Å². The van der Waals surface area contributed by atoms with Crippen LogP contribution < -0.4 is 0 Å². The molecular weight excluding hydrogens is 490 g/mol. The molecule has 7 atom stereocenters. The zero-order valence-electron chi connectivity index (χ0n) is 22.5. The van der Waals surface area contributed by atoms with Gasteiger partial charge < -0.3 is 9.57 Å². The number of imide groups is 1. The molecule has 4 aliphatic carbocycles. The summed E-state index contributed by atoms with van der Waals surface area (Å²) in [6, 6.07) is 0. The van der Waals surface area contributed by atoms with Gasteiger partial charge in [0.05, 0.1) is 12.8 Å². The maximum Gasteiger partial charge on any atom is 0.333 e. The Morgan fingerprint density at radius 1 is 0.947 bits per heavy atom. The van der Waals surface area contributed by atoms with E-state index in [0.29, 0.717) is 23.8 Å². The molecule has 4 fully saturated rings. The first-order chi connectivity index (χ1) is 17.9. The molecule has 9 nitrogen and oxygen atoms in total. The third-order valence-corrected chi connectivity index (χ3v) is 10.4. The molecule has 0 spiro atoms. The number of allylic oxidation sites excluding steroid dienone is 1. The van der Waals surface area contributed by atoms with E-state index in [0.717, 1.165) is 37.7 Å². The van der Waals surface area contributed by atoms with Crippen molar-refractivity contribution in [3.05, 3.63) is 11.6 Å². The molecule has 5 rings (SSSR count). The summed E-state index contributed by atoms with van der Waals surface area (Å²) >= 11 is 0. The average Bonchev–Trinajstić information content (AvgIpc) is 3.36. The normalized spacial score (nSPS) is 38.2. The number of ketones is 2. The van der Waals surface area contributed by atoms with Gasteiger partial charge in [-0.1, -0.05) is 19.4 Å². The smallest absolute Gasteiger partial charge is 0.333 e. The van der Waals surface area contributed by atoms with E-state index in [9.17, 15) is 28.8 Å². The third-order valence-electron chi connectivity index (χ3n) is 10.4. The summed E-state index contributed by atoms with van der Waals surface area (Å²) in [6.45, 7) is 6.03. The van der Waals surface area contributed by atoms with E-state index in [1.807, 2.05) is 0 Å². The minimum atomic E-state index is -0.841. The van der Waals surface area contributed by atoms with Crippen molar-refractivity contribution in [2.75, 3.05) is 0 Å². The summed E-state index contributed by atoms with van der Waals surface area (Å²) < 4.78 is 6.15. The van der Waals surface area contributed by atoms with Crippen LogP contribution in [0.2, 0.25) is 0 Å². The molecule has 38 heavy (non-hydrogen) atoms. The van der Waals surface area contributed by atoms with E-state index in [2.05, 4.69) is 13.8 Å². The van der Waals surface area contributed by atoms with Gasteiger partial charge in [0.25, 0.3) is 11.8 Å². The van der Waals surface area contributed by atoms with Crippen LogP contribution in [0.1, 0.15) is 91.4 Å². The van der Waals surface area contributed by atoms with E-state index in [1.165, 1.54) is 0 Å². The Morgan fingerprint density at radius 2 is 1.63 bits per heavy atom. The second-order valence-corrected chi connectivity index (χ2v) is 12.4. The van der Waals surface area contributed by atoms with Crippen molar-refractivity contribution in [2.24, 2.45) is 34.5 Å². The Morgan fingerprint density at radius 3 is 2.32 bits per heavy atom. The lowest BCUT2D eigenvalue weighted by molar-refractivity contribution is -0.198. The van der Waals surface area contributed by atoms with E-state index in [-0.39, 0.29) is 65.8 Å². The second kappa shape index (κ2) is 9.72. The molecule has 1 heterocycles. The van der Waals surface area contributed by atoms with Gasteiger partial charge in [-0.25, -0.2) is 4.79 Å². The fourth-order valence-electron chi connectivity index (χ4n) is 8.67. The standard InChI is InChI=1S/C29H37NO8/c1-16(31)20-6-7-21-19-5-4-17-14-18(32)12-13-28(17,2)27(19)22(15-29(20,21)3)37-25(35)10-11-26(36)38-30-23(33)8-9-24(30)34/h14,19-22,27H,4-13,15H2,1-3H3/t19-,20+,21-,22+,27+,28-,29+/m0/s1. The van der Waals surface area contributed by atoms with Crippen LogP contribution in [0.15, 0.2) is 11.6 Å². The van der Waals surface area contributed by atoms with Gasteiger partial charge in [0, 0.05) is 31.1 Å². The van der Waals surface area contributed by atoms with Gasteiger partial charge in [-0.05, 0) is 74.2 Å². The summed E-state index contributed by atoms with van der Waals surface area (Å²) in [5.74, 6) is -1.59. The number of ether oxygens (including phenoxy) is 1. The zero-order valence-corrected chi connectivity index (χ0v) is 22.5. The summed E-state index contributed by atoms with van der Waals surface area (Å²) in [7, 11) is 0. The lowest BCUT2D eigenvalue weighted by Gasteiger charge is -2.60. The summed E-state index contributed by atoms with van der Waals surface area (Å²) in [5.41, 5.74) is 0.617. The molecule has 5 aliphatic rings. The van der Waals surface area contributed by atoms with E-state index >= 15 is 0 Å². The molecule has 0 bridgehead atoms. The molecular formula is C29H37NO8. The first-order valence-electron chi connectivity index (χ1n) is 13.9. The van der Waals surface area contributed by atoms with Crippen LogP contribution in [0, 0.1) is 34.5 Å². The number of Topliss-reactive ketones (excluding diaryl/α,β-unsaturated/α-hetero) is 1. The van der Waals surface area contributed by atoms with Crippen molar-refractivity contribution in [1.82, 2.24) is 5.06 Å². The Bertz CT molecular complexity index is 1110. The quantitative estimate of drug-likeness (QED) is 0.379. The van der Waals surface area contributed by atoms with Crippen LogP contribution >= 0.6 is 0 Å². The van der Waals surface area contributed by atoms with Crippen LogP contribution in [0.25, 0.3) is 0 Å². The predicted molar refractivity (Wildman–Crippen MR) is 133 cm³/mol. The highest BCUT2D eigenvalue weighted by Crippen LogP contribution is 2.67. The van der Waals surface area contributed by atoms with Crippen LogP contribution in [0.5, 0.6) is 0 Å². The summed E-state index contributed by atoms with van der Waals surface area (Å²) in [5, 5.41) is 0.476. The van der Waals surface area contributed by atoms with Crippen molar-refractivity contribution in [3.63, 3.8) is 0 Å². The highest BCUT2D eigenvalue weighted by Gasteiger charge is 2.63. The van der Waals surface area contributed by atoms with Crippen LogP contribution in [-0.4, -0.2) is 46.5 Å². The van der Waals surface area contributed by atoms with Gasteiger partial charge in [0.15, 0.2) is 5.78 Å². The number of hydrogen-bond acceptors (Lipinski definition) is 8. The molecule has 0 unspecified atom stereocenters. The number of hydrogen-bond donors (Lipinski definition) is 0. The fraction of sp³-hybridized carbons (Fsp3) is 0.724. The zero-order chi connectivity index (χ0) is 27.4. The van der Waals surface area contributed by atoms with E-state index in [4.69, 9.17) is 9.57 Å². The lowest BCUT2D eigenvalue weighted by Crippen LogP contribution is -2.58. The molecule has 2 amide bonds. The average molecular weight is 528 g/mol. The molecule has 0 aromatic heterocycles. The van der Waals surface area contributed by atoms with Crippen molar-refractivity contribution < 1.29 is 38.3 Å². The summed E-state index contributed by atoms with van der Waals surface area (Å²) in [6.07, 6.45) is 6.16. The Hall–Kier alpha value is -2.84. The molecule has 9 heteroatoms. The number of carbonyl (C=O) groups excluding carboxylic acids is 6. The molecule has 206 valence electrons. The summed E-state index contributed by atoms with van der Waals surface area (Å²) in [4.78, 5) is 78.5. The third kappa shape index (κ3) is 4.41. The maximum atomic E-state index is 13.1. The number of rotatable bonds is 6. The first kappa shape index (κ1) is 26.8. The van der Waals surface area contributed by atoms with Crippen molar-refractivity contribution in [2.45, 2.75) is 97.5 Å². The second-order valence-electron chi connectivity index (χ2n) is 12.4. The highest BCUT2D eigenvalue weighted by molar-refractivity contribution is 6.01. The maximum absolute atomic E-state index is 13.1. The molecule has 1 aliphatic heterocycles. The monoisotopic (exact) mass is 527 g/mol. The molecule has 1 saturated heterocycles. The Balaban J connectivity index is 1.34. The van der Waals surface area contributed by atoms with E-state index < -0.39 is 29.9 Å². The van der Waals surface area contributed by atoms with E-state index in [1.54, 1.807) is 13.0 Å². The van der Waals surface area contributed by atoms with Gasteiger partial charge in [-0.3, -0.25) is 24.0 Å². The van der Waals surface area contributed by atoms with Crippen LogP contribution in [0.4, 0.5) is 0 Å². The van der Waals surface area contributed by atoms with Gasteiger partial charge in [0.2, 0.25) is 0 Å².